The van der Waals surface area contributed by atoms with Gasteiger partial charge in [0, 0.05) is 25.2 Å². The van der Waals surface area contributed by atoms with E-state index in [2.05, 4.69) is 15.5 Å². The summed E-state index contributed by atoms with van der Waals surface area (Å²) in [4.78, 5) is 12.2. The van der Waals surface area contributed by atoms with Crippen LogP contribution in [0.15, 0.2) is 24.4 Å². The van der Waals surface area contributed by atoms with Gasteiger partial charge < -0.3 is 11.1 Å². The van der Waals surface area contributed by atoms with Crippen LogP contribution in [0.3, 0.4) is 0 Å². The molecular weight excluding hydrogens is 266 g/mol. The van der Waals surface area contributed by atoms with Crippen LogP contribution in [0, 0.1) is 5.92 Å². The number of nitrogens with one attached hydrogen (secondary N) is 1. The van der Waals surface area contributed by atoms with E-state index in [1.165, 1.54) is 0 Å². The van der Waals surface area contributed by atoms with Crippen molar-refractivity contribution in [1.29, 1.82) is 0 Å². The summed E-state index contributed by atoms with van der Waals surface area (Å²) < 4.78 is 1.94. The Hall–Kier alpha value is -1.95. The molecular formula is C15H21N5O. The lowest BCUT2D eigenvalue weighted by Crippen LogP contribution is -2.44. The Labute approximate surface area is 123 Å². The van der Waals surface area contributed by atoms with Gasteiger partial charge in [0.2, 0.25) is 5.91 Å². The highest BCUT2D eigenvalue weighted by Crippen LogP contribution is 2.22. The SMILES string of the molecule is NC1CCCCC1C(=O)NCCc1nnc2ccccn12. The van der Waals surface area contributed by atoms with Gasteiger partial charge in [0.15, 0.2) is 5.65 Å². The Bertz CT molecular complexity index is 623. The van der Waals surface area contributed by atoms with Crippen LogP contribution in [0.2, 0.25) is 0 Å². The number of pyridine rings is 1. The molecule has 2 atom stereocenters. The van der Waals surface area contributed by atoms with Gasteiger partial charge in [-0.2, -0.15) is 0 Å². The number of fused-ring (bicyclic) bond motifs is 1. The molecule has 0 radical (unpaired) electrons. The summed E-state index contributed by atoms with van der Waals surface area (Å²) in [6.07, 6.45) is 6.69. The van der Waals surface area contributed by atoms with E-state index in [1.54, 1.807) is 0 Å². The second-order valence-electron chi connectivity index (χ2n) is 5.64. The normalized spacial score (nSPS) is 22.3. The first-order valence-electron chi connectivity index (χ1n) is 7.57. The standard InChI is InChI=1S/C15H21N5O/c16-12-6-2-1-5-11(12)15(21)17-9-8-14-19-18-13-7-3-4-10-20(13)14/h3-4,7,10-12H,1-2,5-6,8-9,16H2,(H,17,21). The first kappa shape index (κ1) is 14.0. The first-order chi connectivity index (χ1) is 10.3. The molecule has 112 valence electrons. The van der Waals surface area contributed by atoms with E-state index >= 15 is 0 Å². The Morgan fingerprint density at radius 2 is 2.19 bits per heavy atom. The Morgan fingerprint density at radius 3 is 3.05 bits per heavy atom. The molecule has 1 saturated carbocycles. The lowest BCUT2D eigenvalue weighted by molar-refractivity contribution is -0.126. The molecule has 1 fully saturated rings. The number of nitrogens with zero attached hydrogens (tertiary/aromatic N) is 3. The zero-order chi connectivity index (χ0) is 14.7. The van der Waals surface area contributed by atoms with Crippen molar-refractivity contribution in [2.45, 2.75) is 38.1 Å². The summed E-state index contributed by atoms with van der Waals surface area (Å²) in [5.41, 5.74) is 6.86. The van der Waals surface area contributed by atoms with E-state index in [0.29, 0.717) is 13.0 Å². The number of hydrogen-bond acceptors (Lipinski definition) is 4. The molecule has 6 heteroatoms. The van der Waals surface area contributed by atoms with E-state index in [-0.39, 0.29) is 17.9 Å². The fourth-order valence-electron chi connectivity index (χ4n) is 2.98. The average Bonchev–Trinajstić information content (AvgIpc) is 2.91. The largest absolute Gasteiger partial charge is 0.355 e. The van der Waals surface area contributed by atoms with Gasteiger partial charge in [-0.3, -0.25) is 9.20 Å². The van der Waals surface area contributed by atoms with Gasteiger partial charge in [-0.15, -0.1) is 10.2 Å². The third kappa shape index (κ3) is 3.05. The van der Waals surface area contributed by atoms with Gasteiger partial charge >= 0.3 is 0 Å². The van der Waals surface area contributed by atoms with Crippen LogP contribution in [0.25, 0.3) is 5.65 Å². The molecule has 2 aromatic heterocycles. The molecule has 0 spiro atoms. The van der Waals surface area contributed by atoms with Crippen LogP contribution < -0.4 is 11.1 Å². The minimum absolute atomic E-state index is 0.00710. The topological polar surface area (TPSA) is 85.3 Å². The first-order valence-corrected chi connectivity index (χ1v) is 7.57. The van der Waals surface area contributed by atoms with Crippen molar-refractivity contribution < 1.29 is 4.79 Å². The maximum absolute atomic E-state index is 12.2. The zero-order valence-corrected chi connectivity index (χ0v) is 12.0. The van der Waals surface area contributed by atoms with Crippen molar-refractivity contribution in [3.63, 3.8) is 0 Å². The van der Waals surface area contributed by atoms with E-state index in [1.807, 2.05) is 28.8 Å². The van der Waals surface area contributed by atoms with Crippen molar-refractivity contribution in [2.75, 3.05) is 6.54 Å². The fourth-order valence-corrected chi connectivity index (χ4v) is 2.98. The van der Waals surface area contributed by atoms with Crippen LogP contribution in [0.5, 0.6) is 0 Å². The molecule has 2 heterocycles. The van der Waals surface area contributed by atoms with Crippen molar-refractivity contribution in [3.8, 4) is 0 Å². The number of hydrogen-bond donors (Lipinski definition) is 2. The summed E-state index contributed by atoms with van der Waals surface area (Å²) in [5.74, 6) is 0.906. The molecule has 2 aromatic rings. The van der Waals surface area contributed by atoms with Gasteiger partial charge in [-0.05, 0) is 25.0 Å². The molecule has 1 aliphatic rings. The maximum atomic E-state index is 12.2. The van der Waals surface area contributed by atoms with Crippen LogP contribution in [-0.2, 0) is 11.2 Å². The predicted molar refractivity (Wildman–Crippen MR) is 79.6 cm³/mol. The minimum Gasteiger partial charge on any atom is -0.355 e. The molecule has 3 rings (SSSR count). The lowest BCUT2D eigenvalue weighted by atomic mass is 9.84. The van der Waals surface area contributed by atoms with Crippen molar-refractivity contribution >= 4 is 11.6 Å². The van der Waals surface area contributed by atoms with E-state index in [0.717, 1.165) is 37.2 Å². The fraction of sp³-hybridized carbons (Fsp3) is 0.533. The zero-order valence-electron chi connectivity index (χ0n) is 12.0. The van der Waals surface area contributed by atoms with Crippen LogP contribution in [0.4, 0.5) is 0 Å². The van der Waals surface area contributed by atoms with Crippen LogP contribution >= 0.6 is 0 Å². The number of carbonyl (C=O) groups is 1. The predicted octanol–water partition coefficient (Wildman–Crippen LogP) is 0.905. The molecule has 1 amide bonds. The van der Waals surface area contributed by atoms with E-state index < -0.39 is 0 Å². The van der Waals surface area contributed by atoms with Gasteiger partial charge in [-0.25, -0.2) is 0 Å². The summed E-state index contributed by atoms with van der Waals surface area (Å²) >= 11 is 0. The quantitative estimate of drug-likeness (QED) is 0.875. The smallest absolute Gasteiger partial charge is 0.224 e. The average molecular weight is 287 g/mol. The molecule has 0 saturated heterocycles. The van der Waals surface area contributed by atoms with Gasteiger partial charge in [0.05, 0.1) is 5.92 Å². The monoisotopic (exact) mass is 287 g/mol. The van der Waals surface area contributed by atoms with E-state index in [9.17, 15) is 4.79 Å². The van der Waals surface area contributed by atoms with Gasteiger partial charge in [0.25, 0.3) is 0 Å². The molecule has 0 aliphatic heterocycles. The number of rotatable bonds is 4. The summed E-state index contributed by atoms with van der Waals surface area (Å²) in [6, 6.07) is 5.79. The maximum Gasteiger partial charge on any atom is 0.224 e. The molecule has 3 N–H and O–H groups in total. The van der Waals surface area contributed by atoms with E-state index in [4.69, 9.17) is 5.73 Å². The van der Waals surface area contributed by atoms with Gasteiger partial charge in [-0.1, -0.05) is 18.9 Å². The van der Waals surface area contributed by atoms with Crippen LogP contribution in [-0.4, -0.2) is 33.1 Å². The second kappa shape index (κ2) is 6.22. The lowest BCUT2D eigenvalue weighted by Gasteiger charge is -2.27. The Kier molecular flexibility index (Phi) is 4.15. The van der Waals surface area contributed by atoms with Crippen LogP contribution in [0.1, 0.15) is 31.5 Å². The minimum atomic E-state index is -0.0334. The Balaban J connectivity index is 1.55. The van der Waals surface area contributed by atoms with Gasteiger partial charge in [0.1, 0.15) is 5.82 Å². The number of amides is 1. The summed E-state index contributed by atoms with van der Waals surface area (Å²) in [5, 5.41) is 11.2. The Morgan fingerprint density at radius 1 is 1.33 bits per heavy atom. The molecule has 6 nitrogen and oxygen atoms in total. The molecule has 0 aromatic carbocycles. The highest BCUT2D eigenvalue weighted by molar-refractivity contribution is 5.79. The van der Waals surface area contributed by atoms with Crippen molar-refractivity contribution in [1.82, 2.24) is 19.9 Å². The van der Waals surface area contributed by atoms with Crippen molar-refractivity contribution in [3.05, 3.63) is 30.2 Å². The third-order valence-corrected chi connectivity index (χ3v) is 4.19. The number of nitrogens with two attached hydrogens (primary N) is 1. The molecule has 21 heavy (non-hydrogen) atoms. The highest BCUT2D eigenvalue weighted by Gasteiger charge is 2.27. The number of carbonyl (C=O) groups excluding carboxylic acids is 1. The highest BCUT2D eigenvalue weighted by atomic mass is 16.1. The summed E-state index contributed by atoms with van der Waals surface area (Å²) in [7, 11) is 0. The number of aromatic nitrogens is 3. The molecule has 0 bridgehead atoms. The third-order valence-electron chi connectivity index (χ3n) is 4.19. The summed E-state index contributed by atoms with van der Waals surface area (Å²) in [6.45, 7) is 0.567. The molecule has 2 unspecified atom stereocenters. The second-order valence-corrected chi connectivity index (χ2v) is 5.64. The molecule has 1 aliphatic carbocycles. The van der Waals surface area contributed by atoms with Crippen molar-refractivity contribution in [2.24, 2.45) is 11.7 Å².